The van der Waals surface area contributed by atoms with Crippen LogP contribution >= 0.6 is 0 Å². The minimum atomic E-state index is -0.446. The van der Waals surface area contributed by atoms with Crippen molar-refractivity contribution in [1.29, 1.82) is 0 Å². The largest absolute Gasteiger partial charge is 0.512 e. The number of cyclic esters (lactones) is 1. The van der Waals surface area contributed by atoms with Crippen LogP contribution in [0.15, 0.2) is 11.8 Å². The number of hydrogen-bond donors (Lipinski definition) is 1. The molecular formula is C9H14O3. The summed E-state index contributed by atoms with van der Waals surface area (Å²) in [6.45, 7) is 5.93. The van der Waals surface area contributed by atoms with Crippen molar-refractivity contribution in [2.24, 2.45) is 5.41 Å². The second-order valence-electron chi connectivity index (χ2n) is 4.13. The molecule has 1 unspecified atom stereocenters. The van der Waals surface area contributed by atoms with Crippen LogP contribution in [0.5, 0.6) is 0 Å². The molecule has 0 fully saturated rings. The van der Waals surface area contributed by atoms with Crippen LogP contribution in [0.4, 0.5) is 0 Å². The van der Waals surface area contributed by atoms with Gasteiger partial charge in [-0.05, 0) is 5.41 Å². The number of carbonyl (C=O) groups is 1. The van der Waals surface area contributed by atoms with Gasteiger partial charge in [-0.3, -0.25) is 0 Å². The van der Waals surface area contributed by atoms with E-state index in [1.165, 1.54) is 0 Å². The molecule has 1 atom stereocenters. The maximum atomic E-state index is 10.9. The molecule has 0 spiro atoms. The predicted octanol–water partition coefficient (Wildman–Crippen LogP) is 1.79. The van der Waals surface area contributed by atoms with Gasteiger partial charge in [-0.1, -0.05) is 20.8 Å². The number of aliphatic hydroxyl groups is 1. The van der Waals surface area contributed by atoms with Crippen LogP contribution in [-0.4, -0.2) is 17.2 Å². The Bertz CT molecular complexity index is 222. The summed E-state index contributed by atoms with van der Waals surface area (Å²) in [5.74, 6) is -0.329. The lowest BCUT2D eigenvalue weighted by Crippen LogP contribution is -2.34. The molecule has 0 aromatic carbocycles. The molecule has 1 rings (SSSR count). The molecule has 0 saturated carbocycles. The van der Waals surface area contributed by atoms with Gasteiger partial charge >= 0.3 is 5.97 Å². The number of ether oxygens (including phenoxy) is 1. The third kappa shape index (κ3) is 2.00. The molecule has 3 nitrogen and oxygen atoms in total. The first-order valence-corrected chi connectivity index (χ1v) is 4.00. The second kappa shape index (κ2) is 2.81. The van der Waals surface area contributed by atoms with Crippen LogP contribution in [0.2, 0.25) is 0 Å². The van der Waals surface area contributed by atoms with Crippen LogP contribution in [0.3, 0.4) is 0 Å². The molecule has 0 aromatic heterocycles. The molecule has 0 saturated heterocycles. The molecule has 3 heteroatoms. The number of hydrogen-bond acceptors (Lipinski definition) is 3. The Hall–Kier alpha value is -0.990. The minimum Gasteiger partial charge on any atom is -0.512 e. The second-order valence-corrected chi connectivity index (χ2v) is 4.13. The molecule has 68 valence electrons. The van der Waals surface area contributed by atoms with E-state index >= 15 is 0 Å². The summed E-state index contributed by atoms with van der Waals surface area (Å²) in [7, 11) is 0. The molecule has 1 N–H and O–H groups in total. The van der Waals surface area contributed by atoms with Gasteiger partial charge in [0.25, 0.3) is 0 Å². The van der Waals surface area contributed by atoms with E-state index in [0.717, 1.165) is 6.08 Å². The predicted molar refractivity (Wildman–Crippen MR) is 44.7 cm³/mol. The van der Waals surface area contributed by atoms with Gasteiger partial charge in [0.05, 0.1) is 6.08 Å². The number of rotatable bonds is 0. The highest BCUT2D eigenvalue weighted by molar-refractivity contribution is 5.83. The minimum absolute atomic E-state index is 0.113. The monoisotopic (exact) mass is 170 g/mol. The molecule has 0 aliphatic carbocycles. The zero-order chi connectivity index (χ0) is 9.35. The zero-order valence-electron chi connectivity index (χ0n) is 7.63. The summed E-state index contributed by atoms with van der Waals surface area (Å²) >= 11 is 0. The topological polar surface area (TPSA) is 46.5 Å². The summed E-state index contributed by atoms with van der Waals surface area (Å²) in [6.07, 6.45) is 1.34. The SMILES string of the molecule is CC(C)(C)C1CC(O)=CC(=O)O1. The third-order valence-corrected chi connectivity index (χ3v) is 1.90. The number of carbonyl (C=O) groups excluding carboxylic acids is 1. The van der Waals surface area contributed by atoms with E-state index < -0.39 is 5.97 Å². The Labute approximate surface area is 72.0 Å². The van der Waals surface area contributed by atoms with Crippen LogP contribution in [0, 0.1) is 5.41 Å². The molecule has 0 aromatic rings. The third-order valence-electron chi connectivity index (χ3n) is 1.90. The first kappa shape index (κ1) is 9.10. The Kier molecular flexibility index (Phi) is 2.13. The van der Waals surface area contributed by atoms with E-state index in [-0.39, 0.29) is 17.3 Å². The lowest BCUT2D eigenvalue weighted by atomic mass is 9.86. The summed E-state index contributed by atoms with van der Waals surface area (Å²) < 4.78 is 5.05. The lowest BCUT2D eigenvalue weighted by Gasteiger charge is -2.31. The molecule has 1 aliphatic rings. The highest BCUT2D eigenvalue weighted by Gasteiger charge is 2.31. The first-order valence-electron chi connectivity index (χ1n) is 4.00. The van der Waals surface area contributed by atoms with Crippen LogP contribution in [0.25, 0.3) is 0 Å². The van der Waals surface area contributed by atoms with E-state index in [0.29, 0.717) is 6.42 Å². The van der Waals surface area contributed by atoms with Gasteiger partial charge in [0.15, 0.2) is 0 Å². The van der Waals surface area contributed by atoms with Crippen molar-refractivity contribution in [3.63, 3.8) is 0 Å². The van der Waals surface area contributed by atoms with E-state index in [2.05, 4.69) is 0 Å². The van der Waals surface area contributed by atoms with Crippen molar-refractivity contribution >= 4 is 5.97 Å². The Morgan fingerprint density at radius 2 is 2.17 bits per heavy atom. The van der Waals surface area contributed by atoms with Gasteiger partial charge in [-0.2, -0.15) is 0 Å². The van der Waals surface area contributed by atoms with Crippen molar-refractivity contribution in [2.45, 2.75) is 33.3 Å². The average molecular weight is 170 g/mol. The highest BCUT2D eigenvalue weighted by atomic mass is 16.5. The smallest absolute Gasteiger partial charge is 0.334 e. The fourth-order valence-corrected chi connectivity index (χ4v) is 1.08. The quantitative estimate of drug-likeness (QED) is 0.564. The van der Waals surface area contributed by atoms with Crippen LogP contribution in [-0.2, 0) is 9.53 Å². The van der Waals surface area contributed by atoms with Crippen molar-refractivity contribution in [3.8, 4) is 0 Å². The molecule has 0 radical (unpaired) electrons. The Balaban J connectivity index is 2.74. The van der Waals surface area contributed by atoms with Gasteiger partial charge < -0.3 is 9.84 Å². The first-order chi connectivity index (χ1) is 5.39. The zero-order valence-corrected chi connectivity index (χ0v) is 7.63. The summed E-state index contributed by atoms with van der Waals surface area (Å²) in [4.78, 5) is 10.9. The average Bonchev–Trinajstić information content (AvgIpc) is 1.82. The fraction of sp³-hybridized carbons (Fsp3) is 0.667. The summed E-state index contributed by atoms with van der Waals surface area (Å²) in [5, 5.41) is 9.17. The van der Waals surface area contributed by atoms with Crippen molar-refractivity contribution < 1.29 is 14.6 Å². The molecule has 1 aliphatic heterocycles. The van der Waals surface area contributed by atoms with Crippen LogP contribution in [0.1, 0.15) is 27.2 Å². The fourth-order valence-electron chi connectivity index (χ4n) is 1.08. The van der Waals surface area contributed by atoms with E-state index in [4.69, 9.17) is 4.74 Å². The maximum absolute atomic E-state index is 10.9. The van der Waals surface area contributed by atoms with E-state index in [1.54, 1.807) is 0 Å². The Morgan fingerprint density at radius 3 is 2.58 bits per heavy atom. The standard InChI is InChI=1S/C9H14O3/c1-9(2,3)7-4-6(10)5-8(11)12-7/h5,7,10H,4H2,1-3H3. The normalized spacial score (nSPS) is 24.8. The van der Waals surface area contributed by atoms with Gasteiger partial charge in [0.1, 0.15) is 11.9 Å². The lowest BCUT2D eigenvalue weighted by molar-refractivity contribution is -0.151. The Morgan fingerprint density at radius 1 is 1.58 bits per heavy atom. The van der Waals surface area contributed by atoms with Gasteiger partial charge in [-0.15, -0.1) is 0 Å². The number of aliphatic hydroxyl groups excluding tert-OH is 1. The van der Waals surface area contributed by atoms with E-state index in [1.807, 2.05) is 20.8 Å². The van der Waals surface area contributed by atoms with E-state index in [9.17, 15) is 9.90 Å². The molecular weight excluding hydrogens is 156 g/mol. The highest BCUT2D eigenvalue weighted by Crippen LogP contribution is 2.29. The van der Waals surface area contributed by atoms with Crippen LogP contribution < -0.4 is 0 Å². The molecule has 1 heterocycles. The van der Waals surface area contributed by atoms with Crippen molar-refractivity contribution in [1.82, 2.24) is 0 Å². The molecule has 0 bridgehead atoms. The molecule has 12 heavy (non-hydrogen) atoms. The summed E-state index contributed by atoms with van der Waals surface area (Å²) in [6, 6.07) is 0. The summed E-state index contributed by atoms with van der Waals surface area (Å²) in [5.41, 5.74) is -0.113. The van der Waals surface area contributed by atoms with Gasteiger partial charge in [0, 0.05) is 6.42 Å². The number of esters is 1. The van der Waals surface area contributed by atoms with Gasteiger partial charge in [-0.25, -0.2) is 4.79 Å². The van der Waals surface area contributed by atoms with Crippen molar-refractivity contribution in [3.05, 3.63) is 11.8 Å². The maximum Gasteiger partial charge on any atom is 0.334 e. The van der Waals surface area contributed by atoms with Gasteiger partial charge in [0.2, 0.25) is 0 Å². The molecule has 0 amide bonds. The van der Waals surface area contributed by atoms with Crippen molar-refractivity contribution in [2.75, 3.05) is 0 Å².